The van der Waals surface area contributed by atoms with Crippen LogP contribution < -0.4 is 5.73 Å². The van der Waals surface area contributed by atoms with Crippen molar-refractivity contribution in [1.29, 1.82) is 0 Å². The Morgan fingerprint density at radius 1 is 1.50 bits per heavy atom. The SMILES string of the molecule is NCC(=O)N(Cc1cccc([N+](=O)[O-])c1)C1CC1. The van der Waals surface area contributed by atoms with E-state index in [4.69, 9.17) is 5.73 Å². The molecule has 1 aliphatic carbocycles. The zero-order valence-corrected chi connectivity index (χ0v) is 9.91. The molecule has 2 rings (SSSR count). The van der Waals surface area contributed by atoms with Crippen molar-refractivity contribution >= 4 is 11.6 Å². The molecule has 96 valence electrons. The van der Waals surface area contributed by atoms with E-state index in [2.05, 4.69) is 0 Å². The van der Waals surface area contributed by atoms with Crippen molar-refractivity contribution in [2.24, 2.45) is 5.73 Å². The van der Waals surface area contributed by atoms with E-state index in [1.165, 1.54) is 12.1 Å². The minimum absolute atomic E-state index is 0.0224. The predicted molar refractivity (Wildman–Crippen MR) is 65.7 cm³/mol. The van der Waals surface area contributed by atoms with Crippen LogP contribution in [0, 0.1) is 10.1 Å². The lowest BCUT2D eigenvalue weighted by Crippen LogP contribution is -2.37. The number of hydrogen-bond donors (Lipinski definition) is 1. The number of nitrogens with zero attached hydrogens (tertiary/aromatic N) is 2. The fraction of sp³-hybridized carbons (Fsp3) is 0.417. The van der Waals surface area contributed by atoms with Gasteiger partial charge in [0, 0.05) is 24.7 Å². The minimum Gasteiger partial charge on any atom is -0.334 e. The molecule has 2 N–H and O–H groups in total. The summed E-state index contributed by atoms with van der Waals surface area (Å²) >= 11 is 0. The first-order chi connectivity index (χ1) is 8.61. The Labute approximate surface area is 105 Å². The van der Waals surface area contributed by atoms with E-state index in [0.29, 0.717) is 6.54 Å². The number of carbonyl (C=O) groups excluding carboxylic acids is 1. The molecule has 0 aromatic heterocycles. The van der Waals surface area contributed by atoms with Crippen LogP contribution in [-0.4, -0.2) is 28.3 Å². The van der Waals surface area contributed by atoms with Gasteiger partial charge in [-0.15, -0.1) is 0 Å². The third-order valence-electron chi connectivity index (χ3n) is 2.96. The molecule has 0 unspecified atom stereocenters. The largest absolute Gasteiger partial charge is 0.334 e. The zero-order chi connectivity index (χ0) is 13.1. The van der Waals surface area contributed by atoms with Gasteiger partial charge in [-0.1, -0.05) is 12.1 Å². The number of hydrogen-bond acceptors (Lipinski definition) is 4. The number of rotatable bonds is 5. The molecule has 1 amide bonds. The molecule has 1 aliphatic rings. The average Bonchev–Trinajstić information content (AvgIpc) is 3.19. The molecular weight excluding hydrogens is 234 g/mol. The maximum Gasteiger partial charge on any atom is 0.269 e. The van der Waals surface area contributed by atoms with Crippen molar-refractivity contribution in [1.82, 2.24) is 4.90 Å². The van der Waals surface area contributed by atoms with E-state index in [-0.39, 0.29) is 24.2 Å². The van der Waals surface area contributed by atoms with Gasteiger partial charge < -0.3 is 10.6 Å². The van der Waals surface area contributed by atoms with E-state index in [9.17, 15) is 14.9 Å². The van der Waals surface area contributed by atoms with Gasteiger partial charge in [0.05, 0.1) is 11.5 Å². The number of nitro groups is 1. The Hall–Kier alpha value is -1.95. The Bertz CT molecular complexity index is 471. The fourth-order valence-electron chi connectivity index (χ4n) is 1.89. The first-order valence-corrected chi connectivity index (χ1v) is 5.84. The van der Waals surface area contributed by atoms with E-state index in [1.807, 2.05) is 0 Å². The lowest BCUT2D eigenvalue weighted by Gasteiger charge is -2.21. The minimum atomic E-state index is -0.435. The van der Waals surface area contributed by atoms with E-state index < -0.39 is 4.92 Å². The molecule has 0 aliphatic heterocycles. The predicted octanol–water partition coefficient (Wildman–Crippen LogP) is 1.04. The van der Waals surface area contributed by atoms with Gasteiger partial charge in [0.1, 0.15) is 0 Å². The van der Waals surface area contributed by atoms with E-state index in [1.54, 1.807) is 17.0 Å². The molecule has 1 saturated carbocycles. The number of benzene rings is 1. The first-order valence-electron chi connectivity index (χ1n) is 5.84. The van der Waals surface area contributed by atoms with Crippen LogP contribution in [0.4, 0.5) is 5.69 Å². The summed E-state index contributed by atoms with van der Waals surface area (Å²) in [6.07, 6.45) is 1.97. The van der Waals surface area contributed by atoms with Crippen LogP contribution in [0.5, 0.6) is 0 Å². The van der Waals surface area contributed by atoms with Crippen molar-refractivity contribution in [3.63, 3.8) is 0 Å². The summed E-state index contributed by atoms with van der Waals surface area (Å²) in [5, 5.41) is 10.7. The van der Waals surface area contributed by atoms with Crippen molar-refractivity contribution < 1.29 is 9.72 Å². The highest BCUT2D eigenvalue weighted by Crippen LogP contribution is 2.28. The van der Waals surface area contributed by atoms with Gasteiger partial charge in [0.2, 0.25) is 5.91 Å². The van der Waals surface area contributed by atoms with Gasteiger partial charge in [0.25, 0.3) is 5.69 Å². The lowest BCUT2D eigenvalue weighted by molar-refractivity contribution is -0.384. The number of non-ortho nitro benzene ring substituents is 1. The second-order valence-electron chi connectivity index (χ2n) is 4.38. The third kappa shape index (κ3) is 2.84. The third-order valence-corrected chi connectivity index (χ3v) is 2.96. The van der Waals surface area contributed by atoms with Crippen molar-refractivity contribution in [3.05, 3.63) is 39.9 Å². The second-order valence-corrected chi connectivity index (χ2v) is 4.38. The highest BCUT2D eigenvalue weighted by atomic mass is 16.6. The monoisotopic (exact) mass is 249 g/mol. The Balaban J connectivity index is 2.13. The standard InChI is InChI=1S/C12H15N3O3/c13-7-12(16)14(10-4-5-10)8-9-2-1-3-11(6-9)15(17)18/h1-3,6,10H,4-5,7-8,13H2. The van der Waals surface area contributed by atoms with Crippen molar-refractivity contribution in [2.75, 3.05) is 6.54 Å². The Morgan fingerprint density at radius 3 is 2.78 bits per heavy atom. The molecule has 1 aromatic rings. The van der Waals surface area contributed by atoms with Gasteiger partial charge in [0.15, 0.2) is 0 Å². The maximum absolute atomic E-state index is 11.7. The molecule has 0 saturated heterocycles. The highest BCUT2D eigenvalue weighted by molar-refractivity contribution is 5.78. The van der Waals surface area contributed by atoms with Crippen molar-refractivity contribution in [2.45, 2.75) is 25.4 Å². The number of carbonyl (C=O) groups is 1. The van der Waals surface area contributed by atoms with Crippen LogP contribution >= 0.6 is 0 Å². The maximum atomic E-state index is 11.7. The van der Waals surface area contributed by atoms with Crippen LogP contribution in [0.15, 0.2) is 24.3 Å². The van der Waals surface area contributed by atoms with Gasteiger partial charge in [-0.3, -0.25) is 14.9 Å². The average molecular weight is 249 g/mol. The Kier molecular flexibility index (Phi) is 3.57. The first kappa shape index (κ1) is 12.5. The van der Waals surface area contributed by atoms with Crippen molar-refractivity contribution in [3.8, 4) is 0 Å². The number of amides is 1. The second kappa shape index (κ2) is 5.14. The van der Waals surface area contributed by atoms with Crippen LogP contribution in [0.2, 0.25) is 0 Å². The molecule has 6 nitrogen and oxygen atoms in total. The molecular formula is C12H15N3O3. The quantitative estimate of drug-likeness (QED) is 0.623. The fourth-order valence-corrected chi connectivity index (χ4v) is 1.89. The van der Waals surface area contributed by atoms with E-state index in [0.717, 1.165) is 18.4 Å². The molecule has 1 fully saturated rings. The molecule has 0 radical (unpaired) electrons. The summed E-state index contributed by atoms with van der Waals surface area (Å²) in [5.74, 6) is -0.107. The summed E-state index contributed by atoms with van der Waals surface area (Å²) < 4.78 is 0. The smallest absolute Gasteiger partial charge is 0.269 e. The molecule has 0 bridgehead atoms. The molecule has 6 heteroatoms. The van der Waals surface area contributed by atoms with E-state index >= 15 is 0 Å². The molecule has 0 heterocycles. The normalized spacial score (nSPS) is 14.3. The van der Waals surface area contributed by atoms with Gasteiger partial charge in [-0.25, -0.2) is 0 Å². The van der Waals surface area contributed by atoms with Crippen LogP contribution in [0.3, 0.4) is 0 Å². The molecule has 1 aromatic carbocycles. The summed E-state index contributed by atoms with van der Waals surface area (Å²) in [6, 6.07) is 6.60. The molecule has 0 spiro atoms. The van der Waals surface area contributed by atoms with Crippen LogP contribution in [0.1, 0.15) is 18.4 Å². The van der Waals surface area contributed by atoms with Crippen LogP contribution in [0.25, 0.3) is 0 Å². The highest BCUT2D eigenvalue weighted by Gasteiger charge is 2.31. The van der Waals surface area contributed by atoms with Gasteiger partial charge in [-0.05, 0) is 18.4 Å². The number of nitrogens with two attached hydrogens (primary N) is 1. The topological polar surface area (TPSA) is 89.5 Å². The van der Waals surface area contributed by atoms with Gasteiger partial charge in [-0.2, -0.15) is 0 Å². The van der Waals surface area contributed by atoms with Crippen LogP contribution in [-0.2, 0) is 11.3 Å². The summed E-state index contributed by atoms with van der Waals surface area (Å²) in [6.45, 7) is 0.369. The van der Waals surface area contributed by atoms with Gasteiger partial charge >= 0.3 is 0 Å². The zero-order valence-electron chi connectivity index (χ0n) is 9.91. The summed E-state index contributed by atoms with van der Waals surface area (Å²) in [4.78, 5) is 23.6. The molecule has 0 atom stereocenters. The number of nitro benzene ring substituents is 1. The molecule has 18 heavy (non-hydrogen) atoms. The summed E-state index contributed by atoms with van der Waals surface area (Å²) in [7, 11) is 0. The summed E-state index contributed by atoms with van der Waals surface area (Å²) in [5.41, 5.74) is 6.18. The lowest BCUT2D eigenvalue weighted by atomic mass is 10.2. The Morgan fingerprint density at radius 2 is 2.22 bits per heavy atom.